The normalized spacial score (nSPS) is 33.8. The van der Waals surface area contributed by atoms with E-state index in [-0.39, 0.29) is 47.7 Å². The van der Waals surface area contributed by atoms with Crippen LogP contribution in [0, 0.1) is 11.8 Å². The molecule has 2 N–H and O–H groups in total. The van der Waals surface area contributed by atoms with Crippen LogP contribution >= 0.6 is 12.4 Å². The summed E-state index contributed by atoms with van der Waals surface area (Å²) in [5, 5.41) is 0. The molecule has 0 spiro atoms. The van der Waals surface area contributed by atoms with Crippen molar-refractivity contribution in [2.45, 2.75) is 32.2 Å². The van der Waals surface area contributed by atoms with Crippen molar-refractivity contribution in [2.75, 3.05) is 24.6 Å². The second-order valence-corrected chi connectivity index (χ2v) is 7.76. The second-order valence-electron chi connectivity index (χ2n) is 5.53. The van der Waals surface area contributed by atoms with E-state index in [1.807, 2.05) is 6.92 Å². The third-order valence-corrected chi connectivity index (χ3v) is 6.03. The number of sulfone groups is 1. The Morgan fingerprint density at radius 3 is 2.63 bits per heavy atom. The summed E-state index contributed by atoms with van der Waals surface area (Å²) in [6.45, 7) is 2.72. The topological polar surface area (TPSA) is 80.5 Å². The molecule has 19 heavy (non-hydrogen) atoms. The summed E-state index contributed by atoms with van der Waals surface area (Å²) < 4.78 is 23.0. The van der Waals surface area contributed by atoms with Gasteiger partial charge in [0.2, 0.25) is 5.91 Å². The lowest BCUT2D eigenvalue weighted by molar-refractivity contribution is -0.138. The monoisotopic (exact) mass is 310 g/mol. The van der Waals surface area contributed by atoms with E-state index in [1.54, 1.807) is 4.90 Å². The van der Waals surface area contributed by atoms with Crippen LogP contribution < -0.4 is 5.73 Å². The fourth-order valence-electron chi connectivity index (χ4n) is 3.18. The maximum atomic E-state index is 12.5. The number of carbonyl (C=O) groups is 1. The van der Waals surface area contributed by atoms with E-state index in [0.717, 1.165) is 19.3 Å². The van der Waals surface area contributed by atoms with Crippen LogP contribution in [-0.4, -0.2) is 49.9 Å². The van der Waals surface area contributed by atoms with E-state index in [9.17, 15) is 13.2 Å². The number of carbonyl (C=O) groups excluding carboxylic acids is 1. The molecule has 0 bridgehead atoms. The molecule has 0 radical (unpaired) electrons. The van der Waals surface area contributed by atoms with Gasteiger partial charge in [-0.3, -0.25) is 4.79 Å². The number of hydrogen-bond donors (Lipinski definition) is 1. The molecule has 112 valence electrons. The molecule has 5 nitrogen and oxygen atoms in total. The Bertz CT molecular complexity index is 427. The molecule has 1 aliphatic carbocycles. The number of nitrogens with two attached hydrogens (primary N) is 1. The number of amides is 1. The molecule has 7 heteroatoms. The van der Waals surface area contributed by atoms with E-state index in [1.165, 1.54) is 0 Å². The molecule has 1 saturated carbocycles. The quantitative estimate of drug-likeness (QED) is 0.802. The minimum atomic E-state index is -2.96. The van der Waals surface area contributed by atoms with Gasteiger partial charge in [-0.15, -0.1) is 12.4 Å². The molecule has 2 aliphatic rings. The van der Waals surface area contributed by atoms with Gasteiger partial charge in [0.15, 0.2) is 9.84 Å². The summed E-state index contributed by atoms with van der Waals surface area (Å²) in [6.07, 6.45) is 2.98. The molecular weight excluding hydrogens is 288 g/mol. The highest BCUT2D eigenvalue weighted by atomic mass is 35.5. The molecule has 1 amide bonds. The highest BCUT2D eigenvalue weighted by Crippen LogP contribution is 2.33. The molecule has 0 aromatic heterocycles. The molecule has 1 aliphatic heterocycles. The third-order valence-electron chi connectivity index (χ3n) is 4.23. The first-order valence-corrected chi connectivity index (χ1v) is 8.47. The van der Waals surface area contributed by atoms with Crippen LogP contribution in [0.3, 0.4) is 0 Å². The van der Waals surface area contributed by atoms with Gasteiger partial charge in [0.05, 0.1) is 11.5 Å². The molecule has 1 saturated heterocycles. The Hall–Kier alpha value is -0.330. The van der Waals surface area contributed by atoms with Gasteiger partial charge in [-0.2, -0.15) is 0 Å². The van der Waals surface area contributed by atoms with Crippen molar-refractivity contribution in [3.8, 4) is 0 Å². The van der Waals surface area contributed by atoms with Gasteiger partial charge in [0.25, 0.3) is 0 Å². The molecule has 3 atom stereocenters. The highest BCUT2D eigenvalue weighted by Gasteiger charge is 2.39. The van der Waals surface area contributed by atoms with E-state index >= 15 is 0 Å². The Morgan fingerprint density at radius 2 is 2.05 bits per heavy atom. The average molecular weight is 311 g/mol. The summed E-state index contributed by atoms with van der Waals surface area (Å²) in [4.78, 5) is 14.2. The summed E-state index contributed by atoms with van der Waals surface area (Å²) in [5.41, 5.74) is 5.70. The number of nitrogens with zero attached hydrogens (tertiary/aromatic N) is 1. The van der Waals surface area contributed by atoms with Crippen molar-refractivity contribution >= 4 is 28.2 Å². The first-order valence-electron chi connectivity index (χ1n) is 6.65. The Balaban J connectivity index is 0.00000180. The van der Waals surface area contributed by atoms with E-state index < -0.39 is 9.84 Å². The van der Waals surface area contributed by atoms with Crippen molar-refractivity contribution in [1.82, 2.24) is 4.90 Å². The van der Waals surface area contributed by atoms with Crippen LogP contribution in [-0.2, 0) is 14.6 Å². The first kappa shape index (κ1) is 16.7. The summed E-state index contributed by atoms with van der Waals surface area (Å²) >= 11 is 0. The minimum absolute atomic E-state index is 0. The SMILES string of the molecule is CC1CS(=O)(=O)CCN1C(=O)[C@@H]1CCC[C@@H]1CN.Cl. The predicted octanol–water partition coefficient (Wildman–Crippen LogP) is 0.429. The zero-order valence-corrected chi connectivity index (χ0v) is 12.9. The van der Waals surface area contributed by atoms with Crippen molar-refractivity contribution in [3.05, 3.63) is 0 Å². The van der Waals surface area contributed by atoms with Gasteiger partial charge < -0.3 is 10.6 Å². The fraction of sp³-hybridized carbons (Fsp3) is 0.917. The molecule has 2 fully saturated rings. The van der Waals surface area contributed by atoms with Crippen molar-refractivity contribution in [2.24, 2.45) is 17.6 Å². The van der Waals surface area contributed by atoms with E-state index in [2.05, 4.69) is 0 Å². The molecule has 1 heterocycles. The fourth-order valence-corrected chi connectivity index (χ4v) is 4.74. The van der Waals surface area contributed by atoms with E-state index in [0.29, 0.717) is 13.1 Å². The Kier molecular flexibility index (Phi) is 5.65. The molecule has 2 rings (SSSR count). The van der Waals surface area contributed by atoms with Crippen LogP contribution in [0.4, 0.5) is 0 Å². The molecular formula is C12H23ClN2O3S. The van der Waals surface area contributed by atoms with Gasteiger partial charge in [-0.1, -0.05) is 6.42 Å². The van der Waals surface area contributed by atoms with Crippen LogP contribution in [0.25, 0.3) is 0 Å². The van der Waals surface area contributed by atoms with Gasteiger partial charge >= 0.3 is 0 Å². The van der Waals surface area contributed by atoms with Crippen LogP contribution in [0.15, 0.2) is 0 Å². The van der Waals surface area contributed by atoms with Crippen LogP contribution in [0.1, 0.15) is 26.2 Å². The van der Waals surface area contributed by atoms with Gasteiger partial charge in [0.1, 0.15) is 0 Å². The summed E-state index contributed by atoms with van der Waals surface area (Å²) in [7, 11) is -2.96. The number of hydrogen-bond acceptors (Lipinski definition) is 4. The predicted molar refractivity (Wildman–Crippen MR) is 77.0 cm³/mol. The van der Waals surface area contributed by atoms with Crippen LogP contribution in [0.5, 0.6) is 0 Å². The molecule has 0 aromatic carbocycles. The molecule has 0 aromatic rings. The lowest BCUT2D eigenvalue weighted by Gasteiger charge is -2.36. The zero-order chi connectivity index (χ0) is 13.3. The Labute approximate surface area is 121 Å². The molecule has 1 unspecified atom stereocenters. The Morgan fingerprint density at radius 1 is 1.37 bits per heavy atom. The van der Waals surface area contributed by atoms with Gasteiger partial charge in [-0.05, 0) is 32.2 Å². The minimum Gasteiger partial charge on any atom is -0.338 e. The zero-order valence-electron chi connectivity index (χ0n) is 11.2. The average Bonchev–Trinajstić information content (AvgIpc) is 2.74. The highest BCUT2D eigenvalue weighted by molar-refractivity contribution is 7.91. The summed E-state index contributed by atoms with van der Waals surface area (Å²) in [6, 6.07) is -0.199. The number of rotatable bonds is 2. The summed E-state index contributed by atoms with van der Waals surface area (Å²) in [5.74, 6) is 0.605. The van der Waals surface area contributed by atoms with E-state index in [4.69, 9.17) is 5.73 Å². The lowest BCUT2D eigenvalue weighted by Crippen LogP contribution is -2.52. The maximum Gasteiger partial charge on any atom is 0.226 e. The maximum absolute atomic E-state index is 12.5. The van der Waals surface area contributed by atoms with Crippen molar-refractivity contribution < 1.29 is 13.2 Å². The van der Waals surface area contributed by atoms with Crippen molar-refractivity contribution in [1.29, 1.82) is 0 Å². The smallest absolute Gasteiger partial charge is 0.226 e. The largest absolute Gasteiger partial charge is 0.338 e. The first-order chi connectivity index (χ1) is 8.44. The standard InChI is InChI=1S/C12H22N2O3S.ClH/c1-9-8-18(16,17)6-5-14(9)12(15)11-4-2-3-10(11)7-13;/h9-11H,2-8,13H2,1H3;1H/t9?,10-,11-;/m1./s1. The third kappa shape index (κ3) is 3.61. The van der Waals surface area contributed by atoms with Crippen molar-refractivity contribution in [3.63, 3.8) is 0 Å². The number of halogens is 1. The van der Waals surface area contributed by atoms with Gasteiger partial charge in [0, 0.05) is 18.5 Å². The lowest BCUT2D eigenvalue weighted by atomic mass is 9.94. The second kappa shape index (κ2) is 6.41. The van der Waals surface area contributed by atoms with Crippen LogP contribution in [0.2, 0.25) is 0 Å². The van der Waals surface area contributed by atoms with Gasteiger partial charge in [-0.25, -0.2) is 8.42 Å².